The number of hydrogen-bond acceptors (Lipinski definition) is 6. The number of aliphatic hydroxyl groups is 1. The molecule has 1 aromatic carbocycles. The second-order valence-corrected chi connectivity index (χ2v) is 7.39. The highest BCUT2D eigenvalue weighted by Gasteiger charge is 2.42. The van der Waals surface area contributed by atoms with Gasteiger partial charge in [0.15, 0.2) is 5.85 Å². The normalized spacial score (nSPS) is 14.2. The molecule has 7 heteroatoms. The van der Waals surface area contributed by atoms with Gasteiger partial charge in [0.05, 0.1) is 19.8 Å². The lowest BCUT2D eigenvalue weighted by molar-refractivity contribution is -0.0204. The smallest absolute Gasteiger partial charge is 0.362 e. The molecule has 0 amide bonds. The summed E-state index contributed by atoms with van der Waals surface area (Å²) < 4.78 is 29.8. The molecule has 2 aromatic rings. The standard InChI is InChI=1S/C18H24NO5P/c1-3-23-25(21,24-4-2)18(17(20)16-10-12-19-13-11-16)22-14-15-8-6-5-7-9-15/h5-13,17-18,20H,3-4,14H2,1-2H3/t17-,18-/m0/s1. The van der Waals surface area contributed by atoms with E-state index in [9.17, 15) is 9.67 Å². The summed E-state index contributed by atoms with van der Waals surface area (Å²) in [7, 11) is -3.68. The fourth-order valence-corrected chi connectivity index (χ4v) is 4.24. The molecule has 6 nitrogen and oxygen atoms in total. The molecule has 0 aliphatic heterocycles. The number of pyridine rings is 1. The maximum atomic E-state index is 13.2. The molecule has 25 heavy (non-hydrogen) atoms. The fourth-order valence-electron chi connectivity index (χ4n) is 2.38. The highest BCUT2D eigenvalue weighted by molar-refractivity contribution is 7.54. The topological polar surface area (TPSA) is 77.9 Å². The van der Waals surface area contributed by atoms with Crippen molar-refractivity contribution in [3.8, 4) is 0 Å². The third-order valence-corrected chi connectivity index (χ3v) is 5.80. The zero-order chi connectivity index (χ0) is 18.1. The van der Waals surface area contributed by atoms with Crippen molar-refractivity contribution in [3.05, 3.63) is 66.0 Å². The summed E-state index contributed by atoms with van der Waals surface area (Å²) in [5.74, 6) is -1.14. The first kappa shape index (κ1) is 19.8. The van der Waals surface area contributed by atoms with Gasteiger partial charge in [-0.25, -0.2) is 0 Å². The largest absolute Gasteiger partial charge is 0.385 e. The van der Waals surface area contributed by atoms with E-state index in [4.69, 9.17) is 13.8 Å². The first-order valence-electron chi connectivity index (χ1n) is 8.23. The quantitative estimate of drug-likeness (QED) is 0.643. The van der Waals surface area contributed by atoms with Crippen LogP contribution in [-0.4, -0.2) is 29.1 Å². The molecule has 0 fully saturated rings. The van der Waals surface area contributed by atoms with E-state index in [0.29, 0.717) is 5.56 Å². The Balaban J connectivity index is 2.27. The van der Waals surface area contributed by atoms with Crippen LogP contribution < -0.4 is 0 Å². The summed E-state index contributed by atoms with van der Waals surface area (Å²) >= 11 is 0. The van der Waals surface area contributed by atoms with E-state index in [1.54, 1.807) is 38.4 Å². The molecule has 1 heterocycles. The molecule has 0 saturated carbocycles. The lowest BCUT2D eigenvalue weighted by Crippen LogP contribution is -2.25. The number of nitrogens with zero attached hydrogens (tertiary/aromatic N) is 1. The van der Waals surface area contributed by atoms with Crippen LogP contribution in [-0.2, 0) is 25.0 Å². The molecule has 0 saturated heterocycles. The Morgan fingerprint density at radius 3 is 2.20 bits per heavy atom. The van der Waals surface area contributed by atoms with Gasteiger partial charge < -0.3 is 18.9 Å². The van der Waals surface area contributed by atoms with Crippen LogP contribution in [0.1, 0.15) is 31.1 Å². The van der Waals surface area contributed by atoms with Crippen LogP contribution in [0.4, 0.5) is 0 Å². The molecule has 1 N–H and O–H groups in total. The molecule has 0 aliphatic carbocycles. The van der Waals surface area contributed by atoms with Gasteiger partial charge in [0.1, 0.15) is 6.10 Å². The van der Waals surface area contributed by atoms with Crippen molar-refractivity contribution < 1.29 is 23.5 Å². The average molecular weight is 365 g/mol. The Hall–Kier alpha value is -1.56. The van der Waals surface area contributed by atoms with Gasteiger partial charge in [0, 0.05) is 12.4 Å². The van der Waals surface area contributed by atoms with Crippen LogP contribution in [0.5, 0.6) is 0 Å². The molecule has 0 aliphatic rings. The van der Waals surface area contributed by atoms with E-state index >= 15 is 0 Å². The third kappa shape index (κ3) is 5.46. The molecule has 136 valence electrons. The van der Waals surface area contributed by atoms with Gasteiger partial charge in [-0.15, -0.1) is 0 Å². The minimum Gasteiger partial charge on any atom is -0.385 e. The van der Waals surface area contributed by atoms with Crippen LogP contribution in [0.25, 0.3) is 0 Å². The Labute approximate surface area is 148 Å². The lowest BCUT2D eigenvalue weighted by atomic mass is 10.1. The maximum absolute atomic E-state index is 13.2. The van der Waals surface area contributed by atoms with Crippen molar-refractivity contribution in [2.24, 2.45) is 0 Å². The van der Waals surface area contributed by atoms with E-state index in [1.807, 2.05) is 30.3 Å². The van der Waals surface area contributed by atoms with Crippen molar-refractivity contribution in [1.29, 1.82) is 0 Å². The summed E-state index contributed by atoms with van der Waals surface area (Å²) in [6.45, 7) is 3.99. The van der Waals surface area contributed by atoms with Crippen LogP contribution in [0, 0.1) is 0 Å². The first-order chi connectivity index (χ1) is 12.1. The number of aliphatic hydroxyl groups excluding tert-OH is 1. The molecular formula is C18H24NO5P. The van der Waals surface area contributed by atoms with Gasteiger partial charge in [0.25, 0.3) is 0 Å². The molecule has 0 bridgehead atoms. The predicted molar refractivity (Wildman–Crippen MR) is 95.1 cm³/mol. The van der Waals surface area contributed by atoms with E-state index in [2.05, 4.69) is 4.98 Å². The Morgan fingerprint density at radius 2 is 1.64 bits per heavy atom. The zero-order valence-corrected chi connectivity index (χ0v) is 15.3. The summed E-state index contributed by atoms with van der Waals surface area (Å²) in [4.78, 5) is 3.93. The second kappa shape index (κ2) is 9.80. The minimum absolute atomic E-state index is 0.178. The molecule has 0 spiro atoms. The Kier molecular flexibility index (Phi) is 7.75. The highest BCUT2D eigenvalue weighted by Crippen LogP contribution is 2.57. The third-order valence-electron chi connectivity index (χ3n) is 3.51. The zero-order valence-electron chi connectivity index (χ0n) is 14.4. The van der Waals surface area contributed by atoms with Gasteiger partial charge in [-0.2, -0.15) is 0 Å². The molecule has 0 radical (unpaired) electrons. The lowest BCUT2D eigenvalue weighted by Gasteiger charge is -2.30. The van der Waals surface area contributed by atoms with Gasteiger partial charge >= 0.3 is 7.60 Å². The van der Waals surface area contributed by atoms with Crippen LogP contribution >= 0.6 is 7.60 Å². The summed E-state index contributed by atoms with van der Waals surface area (Å²) in [6.07, 6.45) is 1.94. The number of benzene rings is 1. The van der Waals surface area contributed by atoms with Crippen molar-refractivity contribution in [2.45, 2.75) is 32.4 Å². The molecule has 0 unspecified atom stereocenters. The van der Waals surface area contributed by atoms with Crippen LogP contribution in [0.3, 0.4) is 0 Å². The van der Waals surface area contributed by atoms with Gasteiger partial charge in [-0.05, 0) is 37.1 Å². The van der Waals surface area contributed by atoms with E-state index in [0.717, 1.165) is 5.56 Å². The summed E-state index contributed by atoms with van der Waals surface area (Å²) in [5, 5.41) is 10.8. The monoisotopic (exact) mass is 365 g/mol. The van der Waals surface area contributed by atoms with Crippen LogP contribution in [0.2, 0.25) is 0 Å². The molecular weight excluding hydrogens is 341 g/mol. The maximum Gasteiger partial charge on any atom is 0.362 e. The first-order valence-corrected chi connectivity index (χ1v) is 9.84. The highest BCUT2D eigenvalue weighted by atomic mass is 31.2. The van der Waals surface area contributed by atoms with E-state index in [1.165, 1.54) is 0 Å². The van der Waals surface area contributed by atoms with Gasteiger partial charge in [-0.3, -0.25) is 9.55 Å². The van der Waals surface area contributed by atoms with E-state index < -0.39 is 19.5 Å². The summed E-state index contributed by atoms with van der Waals surface area (Å²) in [6, 6.07) is 12.7. The Morgan fingerprint density at radius 1 is 1.04 bits per heavy atom. The van der Waals surface area contributed by atoms with E-state index in [-0.39, 0.29) is 19.8 Å². The predicted octanol–water partition coefficient (Wildman–Crippen LogP) is 3.92. The number of aromatic nitrogens is 1. The average Bonchev–Trinajstić information content (AvgIpc) is 2.63. The molecule has 1 aromatic heterocycles. The second-order valence-electron chi connectivity index (χ2n) is 5.29. The molecule has 2 atom stereocenters. The number of hydrogen-bond donors (Lipinski definition) is 1. The Bertz CT molecular complexity index is 658. The van der Waals surface area contributed by atoms with Crippen molar-refractivity contribution in [1.82, 2.24) is 4.98 Å². The summed E-state index contributed by atoms with van der Waals surface area (Å²) in [5.41, 5.74) is 1.43. The number of ether oxygens (including phenoxy) is 1. The fraction of sp³-hybridized carbons (Fsp3) is 0.389. The van der Waals surface area contributed by atoms with Crippen molar-refractivity contribution >= 4 is 7.60 Å². The molecule has 2 rings (SSSR count). The van der Waals surface area contributed by atoms with Gasteiger partial charge in [0.2, 0.25) is 0 Å². The SMILES string of the molecule is CCOP(=O)(OCC)[C@H](OCc1ccccc1)[C@@H](O)c1ccncc1. The van der Waals surface area contributed by atoms with Crippen LogP contribution in [0.15, 0.2) is 54.9 Å². The van der Waals surface area contributed by atoms with Gasteiger partial charge in [-0.1, -0.05) is 30.3 Å². The minimum atomic E-state index is -3.68. The number of rotatable bonds is 10. The van der Waals surface area contributed by atoms with Crippen molar-refractivity contribution in [2.75, 3.05) is 13.2 Å². The van der Waals surface area contributed by atoms with Crippen molar-refractivity contribution in [3.63, 3.8) is 0 Å².